The third-order valence-corrected chi connectivity index (χ3v) is 3.72. The molecule has 0 amide bonds. The first-order chi connectivity index (χ1) is 12.7. The number of nitrogens with two attached hydrogens (primary N) is 1. The predicted octanol–water partition coefficient (Wildman–Crippen LogP) is 3.50. The van der Waals surface area contributed by atoms with Gasteiger partial charge in [0.25, 0.3) is 0 Å². The molecule has 0 atom stereocenters. The molecule has 2 aromatic carbocycles. The van der Waals surface area contributed by atoms with Gasteiger partial charge in [-0.1, -0.05) is 35.5 Å². The highest BCUT2D eigenvalue weighted by atomic mass is 19.4. The monoisotopic (exact) mass is 382 g/mol. The minimum absolute atomic E-state index is 0.0695. The minimum Gasteiger partial charge on any atom is -0.496 e. The number of ether oxygens (including phenoxy) is 2. The molecule has 2 rings (SSSR count). The average molecular weight is 382 g/mol. The molecular weight excluding hydrogens is 365 g/mol. The number of Topliss-reactive ketones (excluding diaryl/α,β-unsaturated/α-hetero) is 1. The largest absolute Gasteiger partial charge is 0.573 e. The second kappa shape index (κ2) is 8.43. The smallest absolute Gasteiger partial charge is 0.496 e. The number of carbonyl (C=O) groups is 1. The maximum Gasteiger partial charge on any atom is 0.573 e. The molecule has 0 saturated heterocycles. The Hall–Kier alpha value is -3.23. The molecule has 9 heteroatoms. The number of aryl methyl sites for hydroxylation is 1. The van der Waals surface area contributed by atoms with Gasteiger partial charge in [-0.15, -0.1) is 13.2 Å². The van der Waals surface area contributed by atoms with Gasteiger partial charge >= 0.3 is 6.36 Å². The van der Waals surface area contributed by atoms with Gasteiger partial charge in [0.2, 0.25) is 0 Å². The van der Waals surface area contributed by atoms with E-state index in [4.69, 9.17) is 15.7 Å². The van der Waals surface area contributed by atoms with Crippen molar-refractivity contribution in [2.45, 2.75) is 19.2 Å². The summed E-state index contributed by atoms with van der Waals surface area (Å²) in [7, 11) is 1.32. The Morgan fingerprint density at radius 1 is 1.15 bits per heavy atom. The summed E-state index contributed by atoms with van der Waals surface area (Å²) in [6.45, 7) is 0. The Balaban J connectivity index is 2.06. The number of oxime groups is 1. The van der Waals surface area contributed by atoms with E-state index in [0.29, 0.717) is 16.7 Å². The molecule has 0 saturated carbocycles. The first-order valence-electron chi connectivity index (χ1n) is 7.77. The van der Waals surface area contributed by atoms with Crippen molar-refractivity contribution in [1.29, 1.82) is 0 Å². The second-order valence-electron chi connectivity index (χ2n) is 5.51. The third kappa shape index (κ3) is 5.63. The first-order valence-corrected chi connectivity index (χ1v) is 7.77. The van der Waals surface area contributed by atoms with Crippen LogP contribution in [0.1, 0.15) is 27.9 Å². The molecule has 0 spiro atoms. The lowest BCUT2D eigenvalue weighted by Gasteiger charge is -2.13. The van der Waals surface area contributed by atoms with Gasteiger partial charge in [0.1, 0.15) is 11.5 Å². The number of hydrogen-bond acceptors (Lipinski definition) is 5. The van der Waals surface area contributed by atoms with Crippen molar-refractivity contribution >= 4 is 11.6 Å². The van der Waals surface area contributed by atoms with Gasteiger partial charge in [0, 0.05) is 23.6 Å². The van der Waals surface area contributed by atoms with Crippen LogP contribution in [-0.4, -0.2) is 30.3 Å². The molecule has 0 bridgehead atoms. The van der Waals surface area contributed by atoms with Gasteiger partial charge in [-0.3, -0.25) is 4.79 Å². The van der Waals surface area contributed by atoms with E-state index in [1.165, 1.54) is 19.2 Å². The Labute approximate surface area is 153 Å². The fourth-order valence-corrected chi connectivity index (χ4v) is 2.41. The van der Waals surface area contributed by atoms with Gasteiger partial charge in [-0.25, -0.2) is 0 Å². The van der Waals surface area contributed by atoms with Crippen LogP contribution in [0.15, 0.2) is 47.6 Å². The van der Waals surface area contributed by atoms with E-state index in [0.717, 1.165) is 6.07 Å². The van der Waals surface area contributed by atoms with Gasteiger partial charge < -0.3 is 20.4 Å². The number of rotatable bonds is 7. The molecule has 0 aliphatic carbocycles. The number of ketones is 1. The van der Waals surface area contributed by atoms with Crippen LogP contribution in [0.5, 0.6) is 11.5 Å². The number of benzene rings is 2. The summed E-state index contributed by atoms with van der Waals surface area (Å²) < 4.78 is 45.8. The average Bonchev–Trinajstić information content (AvgIpc) is 2.64. The number of halogens is 3. The van der Waals surface area contributed by atoms with Crippen LogP contribution in [0, 0.1) is 0 Å². The number of nitrogens with zero attached hydrogens (tertiary/aromatic N) is 1. The lowest BCUT2D eigenvalue weighted by Crippen LogP contribution is -2.17. The van der Waals surface area contributed by atoms with Crippen LogP contribution in [-0.2, 0) is 6.42 Å². The summed E-state index contributed by atoms with van der Waals surface area (Å²) in [6.07, 6.45) is -4.40. The molecule has 0 unspecified atom stereocenters. The number of hydrogen-bond donors (Lipinski definition) is 2. The number of methoxy groups -OCH3 is 1. The standard InChI is InChI=1S/C18H17F3N2O4/c1-26-16-10-14(27-18(19,20)21)8-6-12(16)7-9-15(24)11-2-4-13(5-3-11)17(22)23-25/h2-6,8,10,25H,7,9H2,1H3,(H2,22,23). The van der Waals surface area contributed by atoms with E-state index in [1.807, 2.05) is 0 Å². The molecule has 0 aliphatic rings. The van der Waals surface area contributed by atoms with E-state index in [2.05, 4.69) is 9.89 Å². The van der Waals surface area contributed by atoms with Crippen molar-refractivity contribution in [3.63, 3.8) is 0 Å². The van der Waals surface area contributed by atoms with Gasteiger partial charge in [-0.05, 0) is 18.1 Å². The van der Waals surface area contributed by atoms with Gasteiger partial charge in [0.15, 0.2) is 11.6 Å². The lowest BCUT2D eigenvalue weighted by molar-refractivity contribution is -0.274. The van der Waals surface area contributed by atoms with Crippen molar-refractivity contribution in [2.75, 3.05) is 7.11 Å². The van der Waals surface area contributed by atoms with E-state index >= 15 is 0 Å². The van der Waals surface area contributed by atoms with Crippen molar-refractivity contribution < 1.29 is 32.6 Å². The maximum absolute atomic E-state index is 12.3. The molecule has 3 N–H and O–H groups in total. The van der Waals surface area contributed by atoms with Crippen LogP contribution in [0.4, 0.5) is 13.2 Å². The molecule has 6 nitrogen and oxygen atoms in total. The van der Waals surface area contributed by atoms with Crippen molar-refractivity contribution in [2.24, 2.45) is 10.9 Å². The van der Waals surface area contributed by atoms with Crippen molar-refractivity contribution in [3.05, 3.63) is 59.2 Å². The van der Waals surface area contributed by atoms with Crippen LogP contribution >= 0.6 is 0 Å². The second-order valence-corrected chi connectivity index (χ2v) is 5.51. The molecule has 2 aromatic rings. The highest BCUT2D eigenvalue weighted by Gasteiger charge is 2.31. The van der Waals surface area contributed by atoms with Crippen LogP contribution in [0.2, 0.25) is 0 Å². The summed E-state index contributed by atoms with van der Waals surface area (Å²) in [5, 5.41) is 11.5. The highest BCUT2D eigenvalue weighted by Crippen LogP contribution is 2.29. The Morgan fingerprint density at radius 2 is 1.78 bits per heavy atom. The summed E-state index contributed by atoms with van der Waals surface area (Å²) in [4.78, 5) is 12.3. The normalized spacial score (nSPS) is 11.9. The molecular formula is C18H17F3N2O4. The Kier molecular flexibility index (Phi) is 6.27. The van der Waals surface area contributed by atoms with Crippen molar-refractivity contribution in [1.82, 2.24) is 0 Å². The first kappa shape index (κ1) is 20.1. The fraction of sp³-hybridized carbons (Fsp3) is 0.222. The van der Waals surface area contributed by atoms with E-state index in [-0.39, 0.29) is 30.2 Å². The summed E-state index contributed by atoms with van der Waals surface area (Å²) in [5.41, 5.74) is 6.94. The van der Waals surface area contributed by atoms with Crippen LogP contribution < -0.4 is 15.2 Å². The predicted molar refractivity (Wildman–Crippen MR) is 91.3 cm³/mol. The zero-order chi connectivity index (χ0) is 20.0. The fourth-order valence-electron chi connectivity index (χ4n) is 2.41. The van der Waals surface area contributed by atoms with Crippen molar-refractivity contribution in [3.8, 4) is 11.5 Å². The maximum atomic E-state index is 12.3. The highest BCUT2D eigenvalue weighted by molar-refractivity contribution is 6.00. The van der Waals surface area contributed by atoms with E-state index < -0.39 is 12.1 Å². The van der Waals surface area contributed by atoms with E-state index in [1.54, 1.807) is 24.3 Å². The topological polar surface area (TPSA) is 94.1 Å². The molecule has 27 heavy (non-hydrogen) atoms. The van der Waals surface area contributed by atoms with Gasteiger partial charge in [0.05, 0.1) is 7.11 Å². The zero-order valence-electron chi connectivity index (χ0n) is 14.3. The summed E-state index contributed by atoms with van der Waals surface area (Å²) >= 11 is 0. The molecule has 0 aliphatic heterocycles. The summed E-state index contributed by atoms with van der Waals surface area (Å²) in [5.74, 6) is -0.432. The molecule has 0 fully saturated rings. The van der Waals surface area contributed by atoms with Crippen LogP contribution in [0.3, 0.4) is 0 Å². The quantitative estimate of drug-likeness (QED) is 0.251. The molecule has 144 valence electrons. The third-order valence-electron chi connectivity index (χ3n) is 3.72. The Bertz CT molecular complexity index is 833. The SMILES string of the molecule is COc1cc(OC(F)(F)F)ccc1CCC(=O)c1ccc(/C(N)=N/O)cc1. The minimum atomic E-state index is -4.79. The summed E-state index contributed by atoms with van der Waals surface area (Å²) in [6, 6.07) is 9.91. The molecule has 0 radical (unpaired) electrons. The lowest BCUT2D eigenvalue weighted by atomic mass is 10.0. The number of amidine groups is 1. The zero-order valence-corrected chi connectivity index (χ0v) is 14.3. The Morgan fingerprint density at radius 3 is 2.33 bits per heavy atom. The van der Waals surface area contributed by atoms with Gasteiger partial charge in [-0.2, -0.15) is 0 Å². The van der Waals surface area contributed by atoms with Crippen LogP contribution in [0.25, 0.3) is 0 Å². The number of carbonyl (C=O) groups excluding carboxylic acids is 1. The molecule has 0 heterocycles. The molecule has 0 aromatic heterocycles. The van der Waals surface area contributed by atoms with E-state index in [9.17, 15) is 18.0 Å². The number of alkyl halides is 3.